The van der Waals surface area contributed by atoms with Crippen molar-refractivity contribution < 1.29 is 23.5 Å². The number of carbonyl (C=O) groups is 3. The number of aryl methyl sites for hydroxylation is 3. The zero-order valence-corrected chi connectivity index (χ0v) is 19.9. The lowest BCUT2D eigenvalue weighted by Crippen LogP contribution is -2.27. The van der Waals surface area contributed by atoms with Gasteiger partial charge in [-0.3, -0.25) is 14.5 Å². The van der Waals surface area contributed by atoms with E-state index in [1.165, 1.54) is 24.3 Å². The molecule has 1 aliphatic heterocycles. The molecule has 3 heterocycles. The molecule has 4 rings (SSSR count). The van der Waals surface area contributed by atoms with Crippen LogP contribution < -0.4 is 0 Å². The maximum atomic E-state index is 13.0. The van der Waals surface area contributed by atoms with Gasteiger partial charge in [-0.1, -0.05) is 6.07 Å². The fraction of sp³-hybridized carbons (Fsp3) is 0.240. The van der Waals surface area contributed by atoms with Gasteiger partial charge in [-0.15, -0.1) is 0 Å². The number of furan rings is 1. The lowest BCUT2D eigenvalue weighted by Gasteiger charge is -2.12. The molecule has 0 aliphatic carbocycles. The summed E-state index contributed by atoms with van der Waals surface area (Å²) in [5.41, 5.74) is 6.38. The predicted molar refractivity (Wildman–Crippen MR) is 126 cm³/mol. The summed E-state index contributed by atoms with van der Waals surface area (Å²) >= 11 is 0.894. The molecule has 0 bridgehead atoms. The van der Waals surface area contributed by atoms with Gasteiger partial charge in [-0.2, -0.15) is 0 Å². The van der Waals surface area contributed by atoms with E-state index in [1.54, 1.807) is 12.1 Å². The van der Waals surface area contributed by atoms with Crippen LogP contribution in [0.25, 0.3) is 11.8 Å². The van der Waals surface area contributed by atoms with E-state index in [2.05, 4.69) is 41.4 Å². The van der Waals surface area contributed by atoms with Crippen LogP contribution in [-0.2, 0) is 16.1 Å². The van der Waals surface area contributed by atoms with E-state index in [0.29, 0.717) is 10.7 Å². The molecule has 0 saturated carbocycles. The zero-order valence-electron chi connectivity index (χ0n) is 19.1. The number of hydrogen-bond acceptors (Lipinski definition) is 6. The van der Waals surface area contributed by atoms with Gasteiger partial charge in [-0.25, -0.2) is 4.79 Å². The Morgan fingerprint density at radius 3 is 2.52 bits per heavy atom. The number of hydrogen-bond donors (Lipinski definition) is 0. The molecule has 2 aromatic heterocycles. The van der Waals surface area contributed by atoms with Crippen molar-refractivity contribution in [3.8, 4) is 5.69 Å². The van der Waals surface area contributed by atoms with Crippen molar-refractivity contribution in [1.82, 2.24) is 9.47 Å². The monoisotopic (exact) mass is 464 g/mol. The smallest absolute Gasteiger partial charge is 0.373 e. The molecule has 0 unspecified atom stereocenters. The lowest BCUT2D eigenvalue weighted by atomic mass is 10.1. The third-order valence-corrected chi connectivity index (χ3v) is 6.65. The number of amides is 2. The predicted octanol–water partition coefficient (Wildman–Crippen LogP) is 5.33. The maximum absolute atomic E-state index is 13.0. The molecule has 0 spiro atoms. The molecule has 1 aromatic carbocycles. The summed E-state index contributed by atoms with van der Waals surface area (Å²) in [5, 5.41) is -0.384. The first-order valence-corrected chi connectivity index (χ1v) is 11.2. The molecule has 2 amide bonds. The second kappa shape index (κ2) is 8.78. The highest BCUT2D eigenvalue weighted by molar-refractivity contribution is 8.18. The Balaban J connectivity index is 1.59. The standard InChI is InChI=1S/C25H24N2O5S/c1-14-6-7-19(10-15(14)2)27-16(3)11-18(17(27)4)12-22-23(28)26(25(30)33-22)13-20-8-9-21(32-20)24(29)31-5/h6-12H,13H2,1-5H3. The Hall–Kier alpha value is -3.52. The Morgan fingerprint density at radius 2 is 1.82 bits per heavy atom. The summed E-state index contributed by atoms with van der Waals surface area (Å²) in [6, 6.07) is 11.3. The van der Waals surface area contributed by atoms with E-state index in [1.807, 2.05) is 19.9 Å². The Labute approximate surface area is 196 Å². The molecule has 7 nitrogen and oxygen atoms in total. The lowest BCUT2D eigenvalue weighted by molar-refractivity contribution is -0.123. The largest absolute Gasteiger partial charge is 0.463 e. The highest BCUT2D eigenvalue weighted by Crippen LogP contribution is 2.35. The van der Waals surface area contributed by atoms with Crippen molar-refractivity contribution in [1.29, 1.82) is 0 Å². The molecule has 0 atom stereocenters. The van der Waals surface area contributed by atoms with E-state index in [4.69, 9.17) is 4.42 Å². The molecule has 33 heavy (non-hydrogen) atoms. The number of benzene rings is 1. The van der Waals surface area contributed by atoms with Gasteiger partial charge < -0.3 is 13.7 Å². The molecule has 3 aromatic rings. The van der Waals surface area contributed by atoms with Crippen molar-refractivity contribution in [3.63, 3.8) is 0 Å². The second-order valence-electron chi connectivity index (χ2n) is 7.96. The van der Waals surface area contributed by atoms with Crippen molar-refractivity contribution in [3.05, 3.63) is 80.9 Å². The van der Waals surface area contributed by atoms with Gasteiger partial charge in [0.1, 0.15) is 5.76 Å². The molecule has 0 N–H and O–H groups in total. The van der Waals surface area contributed by atoms with E-state index in [0.717, 1.165) is 39.3 Å². The van der Waals surface area contributed by atoms with Crippen molar-refractivity contribution >= 4 is 35.0 Å². The van der Waals surface area contributed by atoms with Gasteiger partial charge in [0.25, 0.3) is 11.1 Å². The third kappa shape index (κ3) is 4.26. The van der Waals surface area contributed by atoms with Crippen LogP contribution >= 0.6 is 11.8 Å². The fourth-order valence-electron chi connectivity index (χ4n) is 3.80. The molecular formula is C25H24N2O5S. The third-order valence-electron chi connectivity index (χ3n) is 5.74. The molecule has 1 aliphatic rings. The minimum atomic E-state index is -0.616. The van der Waals surface area contributed by atoms with Gasteiger partial charge in [0.2, 0.25) is 5.76 Å². The Morgan fingerprint density at radius 1 is 1.06 bits per heavy atom. The van der Waals surface area contributed by atoms with E-state index in [9.17, 15) is 14.4 Å². The van der Waals surface area contributed by atoms with Crippen LogP contribution in [0, 0.1) is 27.7 Å². The quantitative estimate of drug-likeness (QED) is 0.375. The van der Waals surface area contributed by atoms with Crippen LogP contribution in [0.4, 0.5) is 4.79 Å². The average molecular weight is 465 g/mol. The van der Waals surface area contributed by atoms with Crippen molar-refractivity contribution in [2.45, 2.75) is 34.2 Å². The first-order chi connectivity index (χ1) is 15.7. The minimum absolute atomic E-state index is 0.0220. The van der Waals surface area contributed by atoms with Crippen LogP contribution in [0.1, 0.15) is 44.4 Å². The summed E-state index contributed by atoms with van der Waals surface area (Å²) in [6.07, 6.45) is 1.76. The van der Waals surface area contributed by atoms with Crippen LogP contribution in [-0.4, -0.2) is 33.7 Å². The fourth-order valence-corrected chi connectivity index (χ4v) is 4.63. The summed E-state index contributed by atoms with van der Waals surface area (Å²) in [6.45, 7) is 8.11. The Bertz CT molecular complexity index is 1310. The SMILES string of the molecule is COC(=O)c1ccc(CN2C(=O)SC(=Cc3cc(C)n(-c4ccc(C)c(C)c4)c3C)C2=O)o1. The van der Waals surface area contributed by atoms with E-state index in [-0.39, 0.29) is 17.5 Å². The summed E-state index contributed by atoms with van der Waals surface area (Å²) in [7, 11) is 1.25. The average Bonchev–Trinajstić information content (AvgIpc) is 3.43. The summed E-state index contributed by atoms with van der Waals surface area (Å²) in [4.78, 5) is 38.5. The number of carbonyl (C=O) groups excluding carboxylic acids is 3. The molecule has 1 saturated heterocycles. The number of thioether (sulfide) groups is 1. The highest BCUT2D eigenvalue weighted by Gasteiger charge is 2.36. The number of imide groups is 1. The van der Waals surface area contributed by atoms with E-state index >= 15 is 0 Å². The van der Waals surface area contributed by atoms with Crippen molar-refractivity contribution in [2.75, 3.05) is 7.11 Å². The van der Waals surface area contributed by atoms with Crippen LogP contribution in [0.5, 0.6) is 0 Å². The number of esters is 1. The molecule has 1 fully saturated rings. The maximum Gasteiger partial charge on any atom is 0.373 e. The minimum Gasteiger partial charge on any atom is -0.463 e. The number of aromatic nitrogens is 1. The van der Waals surface area contributed by atoms with Gasteiger partial charge in [-0.05, 0) is 92.6 Å². The number of nitrogens with zero attached hydrogens (tertiary/aromatic N) is 2. The molecular weight excluding hydrogens is 440 g/mol. The first-order valence-electron chi connectivity index (χ1n) is 10.4. The van der Waals surface area contributed by atoms with Crippen LogP contribution in [0.15, 0.2) is 45.7 Å². The van der Waals surface area contributed by atoms with Crippen molar-refractivity contribution in [2.24, 2.45) is 0 Å². The summed E-state index contributed by atoms with van der Waals surface area (Å²) < 4.78 is 12.2. The number of rotatable bonds is 5. The topological polar surface area (TPSA) is 81.8 Å². The Kier molecular flexibility index (Phi) is 6.03. The highest BCUT2D eigenvalue weighted by atomic mass is 32.2. The van der Waals surface area contributed by atoms with Crippen LogP contribution in [0.2, 0.25) is 0 Å². The molecule has 170 valence electrons. The first kappa shape index (κ1) is 22.7. The van der Waals surface area contributed by atoms with E-state index < -0.39 is 11.9 Å². The number of ether oxygens (including phenoxy) is 1. The van der Waals surface area contributed by atoms with Gasteiger partial charge in [0.15, 0.2) is 0 Å². The summed E-state index contributed by atoms with van der Waals surface area (Å²) in [5.74, 6) is -0.660. The molecule has 0 radical (unpaired) electrons. The second-order valence-corrected chi connectivity index (χ2v) is 8.95. The van der Waals surface area contributed by atoms with Gasteiger partial charge >= 0.3 is 5.97 Å². The van der Waals surface area contributed by atoms with Gasteiger partial charge in [0.05, 0.1) is 18.6 Å². The normalized spacial score (nSPS) is 15.1. The number of methoxy groups -OCH3 is 1. The van der Waals surface area contributed by atoms with Crippen LogP contribution in [0.3, 0.4) is 0 Å². The molecule has 8 heteroatoms. The zero-order chi connectivity index (χ0) is 23.9. The van der Waals surface area contributed by atoms with Gasteiger partial charge in [0, 0.05) is 17.1 Å².